The summed E-state index contributed by atoms with van der Waals surface area (Å²) in [5.74, 6) is 1.85. The molecule has 162 valence electrons. The molecule has 7 nitrogen and oxygen atoms in total. The number of urea groups is 1. The lowest BCUT2D eigenvalue weighted by Crippen LogP contribution is -2.63. The lowest BCUT2D eigenvalue weighted by atomic mass is 9.53. The maximum atomic E-state index is 13.0. The second kappa shape index (κ2) is 7.92. The van der Waals surface area contributed by atoms with Gasteiger partial charge in [-0.2, -0.15) is 5.26 Å². The topological polar surface area (TPSA) is 110 Å². The highest BCUT2D eigenvalue weighted by molar-refractivity contribution is 5.89. The van der Waals surface area contributed by atoms with Gasteiger partial charge in [0.05, 0.1) is 6.07 Å². The van der Waals surface area contributed by atoms with Crippen molar-refractivity contribution in [2.45, 2.75) is 56.5 Å². The predicted molar refractivity (Wildman–Crippen MR) is 117 cm³/mol. The van der Waals surface area contributed by atoms with Crippen molar-refractivity contribution in [2.75, 3.05) is 6.54 Å². The average Bonchev–Trinajstić information content (AvgIpc) is 3.13. The second-order valence-corrected chi connectivity index (χ2v) is 9.79. The van der Waals surface area contributed by atoms with Gasteiger partial charge in [0.15, 0.2) is 0 Å². The molecule has 1 atom stereocenters. The minimum Gasteiger partial charge on any atom is -0.361 e. The van der Waals surface area contributed by atoms with Crippen LogP contribution in [0.3, 0.4) is 0 Å². The minimum atomic E-state index is -0.749. The first kappa shape index (κ1) is 19.9. The molecule has 1 heterocycles. The number of para-hydroxylation sites is 1. The van der Waals surface area contributed by atoms with Crippen LogP contribution in [0.1, 0.15) is 44.1 Å². The number of fused-ring (bicyclic) bond motifs is 1. The van der Waals surface area contributed by atoms with Gasteiger partial charge in [0.1, 0.15) is 12.6 Å². The maximum Gasteiger partial charge on any atom is 0.315 e. The molecular weight excluding hydrogens is 390 g/mol. The minimum absolute atomic E-state index is 0.0819. The summed E-state index contributed by atoms with van der Waals surface area (Å²) >= 11 is 0. The maximum absolute atomic E-state index is 13.0. The lowest BCUT2D eigenvalue weighted by Gasteiger charge is -2.56. The Balaban J connectivity index is 1.30. The molecule has 0 radical (unpaired) electrons. The second-order valence-electron chi connectivity index (χ2n) is 9.79. The van der Waals surface area contributed by atoms with E-state index in [1.807, 2.05) is 36.5 Å². The van der Waals surface area contributed by atoms with Crippen molar-refractivity contribution in [1.29, 1.82) is 5.26 Å². The highest BCUT2D eigenvalue weighted by Gasteiger charge is 2.51. The molecule has 4 saturated carbocycles. The zero-order valence-electron chi connectivity index (χ0n) is 17.6. The molecule has 31 heavy (non-hydrogen) atoms. The summed E-state index contributed by atoms with van der Waals surface area (Å²) < 4.78 is 0. The van der Waals surface area contributed by atoms with Gasteiger partial charge in [0, 0.05) is 29.1 Å². The Bertz CT molecular complexity index is 1000. The highest BCUT2D eigenvalue weighted by atomic mass is 16.2. The number of aromatic amines is 1. The number of benzene rings is 1. The monoisotopic (exact) mass is 419 g/mol. The van der Waals surface area contributed by atoms with E-state index in [4.69, 9.17) is 5.26 Å². The number of nitriles is 1. The Hall–Kier alpha value is -3.01. The van der Waals surface area contributed by atoms with E-state index in [-0.39, 0.29) is 24.0 Å². The zero-order valence-corrected chi connectivity index (χ0v) is 17.6. The molecule has 1 unspecified atom stereocenters. The summed E-state index contributed by atoms with van der Waals surface area (Å²) in [6.45, 7) is -0.0819. The van der Waals surface area contributed by atoms with Crippen LogP contribution in [0.15, 0.2) is 30.5 Å². The van der Waals surface area contributed by atoms with E-state index in [9.17, 15) is 9.59 Å². The Morgan fingerprint density at radius 1 is 1.13 bits per heavy atom. The first-order valence-electron chi connectivity index (χ1n) is 11.3. The lowest BCUT2D eigenvalue weighted by molar-refractivity contribution is -0.122. The number of hydrogen-bond acceptors (Lipinski definition) is 3. The van der Waals surface area contributed by atoms with Gasteiger partial charge in [-0.15, -0.1) is 0 Å². The van der Waals surface area contributed by atoms with Gasteiger partial charge in [-0.3, -0.25) is 4.79 Å². The van der Waals surface area contributed by atoms with Crippen LogP contribution >= 0.6 is 0 Å². The van der Waals surface area contributed by atoms with E-state index in [0.29, 0.717) is 6.42 Å². The third-order valence-corrected chi connectivity index (χ3v) is 7.48. The van der Waals surface area contributed by atoms with Crippen molar-refractivity contribution >= 4 is 22.8 Å². The molecular formula is C24H29N5O2. The number of nitrogens with zero attached hydrogens (tertiary/aromatic N) is 1. The van der Waals surface area contributed by atoms with Crippen LogP contribution in [0.25, 0.3) is 10.9 Å². The molecule has 4 aliphatic carbocycles. The summed E-state index contributed by atoms with van der Waals surface area (Å²) in [6, 6.07) is 8.80. The third-order valence-electron chi connectivity index (χ3n) is 7.48. The highest BCUT2D eigenvalue weighted by Crippen LogP contribution is 2.55. The van der Waals surface area contributed by atoms with Crippen molar-refractivity contribution < 1.29 is 9.59 Å². The number of aromatic nitrogens is 1. The van der Waals surface area contributed by atoms with Gasteiger partial charge in [-0.25, -0.2) is 4.79 Å². The molecule has 4 fully saturated rings. The normalized spacial score (nSPS) is 29.3. The number of carbonyl (C=O) groups is 2. The molecule has 3 amide bonds. The summed E-state index contributed by atoms with van der Waals surface area (Å²) in [5, 5.41) is 18.7. The fourth-order valence-corrected chi connectivity index (χ4v) is 6.68. The van der Waals surface area contributed by atoms with Crippen LogP contribution in [-0.2, 0) is 11.2 Å². The number of nitrogens with one attached hydrogen (secondary N) is 4. The Kier molecular flexibility index (Phi) is 5.09. The number of amides is 3. The molecule has 6 rings (SSSR count). The molecule has 2 aromatic rings. The molecule has 7 heteroatoms. The largest absolute Gasteiger partial charge is 0.361 e. The first-order valence-corrected chi connectivity index (χ1v) is 11.3. The summed E-state index contributed by atoms with van der Waals surface area (Å²) in [4.78, 5) is 29.0. The average molecular weight is 420 g/mol. The van der Waals surface area contributed by atoms with E-state index in [0.717, 1.165) is 53.5 Å². The van der Waals surface area contributed by atoms with Crippen molar-refractivity contribution in [3.63, 3.8) is 0 Å². The Labute approximate surface area is 182 Å². The van der Waals surface area contributed by atoms with Gasteiger partial charge in [0.25, 0.3) is 0 Å². The van der Waals surface area contributed by atoms with Crippen molar-refractivity contribution in [3.05, 3.63) is 36.0 Å². The third kappa shape index (κ3) is 3.99. The zero-order chi connectivity index (χ0) is 21.4. The van der Waals surface area contributed by atoms with E-state index < -0.39 is 6.04 Å². The molecule has 4 bridgehead atoms. The van der Waals surface area contributed by atoms with Crippen LogP contribution in [0, 0.1) is 29.1 Å². The van der Waals surface area contributed by atoms with Crippen molar-refractivity contribution in [3.8, 4) is 6.07 Å². The Morgan fingerprint density at radius 2 is 1.81 bits per heavy atom. The van der Waals surface area contributed by atoms with E-state index in [1.54, 1.807) is 0 Å². The smallest absolute Gasteiger partial charge is 0.315 e. The standard InChI is InChI=1S/C24H29N5O2/c25-5-6-26-22(30)21(10-18-14-27-20-4-2-1-3-19(18)20)28-23(31)29-24-11-15-7-16(12-24)9-17(8-15)13-24/h1-4,14-17,21,27H,6-13H2,(H,26,30)(H2,28,29,31). The number of hydrogen-bond donors (Lipinski definition) is 4. The number of H-pyrrole nitrogens is 1. The van der Waals surface area contributed by atoms with Crippen LogP contribution in [0.2, 0.25) is 0 Å². The summed E-state index contributed by atoms with van der Waals surface area (Å²) in [6.07, 6.45) is 9.33. The van der Waals surface area contributed by atoms with Crippen molar-refractivity contribution in [1.82, 2.24) is 20.9 Å². The molecule has 4 N–H and O–H groups in total. The fraction of sp³-hybridized carbons (Fsp3) is 0.542. The molecule has 0 aliphatic heterocycles. The molecule has 0 saturated heterocycles. The van der Waals surface area contributed by atoms with Crippen LogP contribution < -0.4 is 16.0 Å². The quantitative estimate of drug-likeness (QED) is 0.540. The predicted octanol–water partition coefficient (Wildman–Crippen LogP) is 2.99. The molecule has 0 spiro atoms. The van der Waals surface area contributed by atoms with Crippen molar-refractivity contribution in [2.24, 2.45) is 17.8 Å². The van der Waals surface area contributed by atoms with E-state index in [1.165, 1.54) is 19.3 Å². The first-order chi connectivity index (χ1) is 15.0. The van der Waals surface area contributed by atoms with Gasteiger partial charge in [0.2, 0.25) is 5.91 Å². The van der Waals surface area contributed by atoms with E-state index >= 15 is 0 Å². The van der Waals surface area contributed by atoms with Gasteiger partial charge in [-0.1, -0.05) is 18.2 Å². The summed E-state index contributed by atoms with van der Waals surface area (Å²) in [7, 11) is 0. The van der Waals surface area contributed by atoms with Gasteiger partial charge >= 0.3 is 6.03 Å². The SMILES string of the molecule is N#CCNC(=O)C(Cc1c[nH]c2ccccc12)NC(=O)NC12CC3CC(CC(C3)C1)C2. The van der Waals surface area contributed by atoms with Gasteiger partial charge in [-0.05, 0) is 67.9 Å². The number of rotatable bonds is 6. The molecule has 1 aromatic carbocycles. The molecule has 1 aromatic heterocycles. The molecule has 4 aliphatic rings. The van der Waals surface area contributed by atoms with E-state index in [2.05, 4.69) is 20.9 Å². The summed E-state index contributed by atoms with van der Waals surface area (Å²) in [5.41, 5.74) is 1.84. The van der Waals surface area contributed by atoms with Gasteiger partial charge < -0.3 is 20.9 Å². The van der Waals surface area contributed by atoms with Crippen LogP contribution in [0.4, 0.5) is 4.79 Å². The fourth-order valence-electron chi connectivity index (χ4n) is 6.68. The van der Waals surface area contributed by atoms with Crippen LogP contribution in [-0.4, -0.2) is 35.0 Å². The Morgan fingerprint density at radius 3 is 2.48 bits per heavy atom. The number of carbonyl (C=O) groups excluding carboxylic acids is 2. The van der Waals surface area contributed by atoms with Crippen LogP contribution in [0.5, 0.6) is 0 Å².